The standard InChI is InChI=1S/C18H12FN3S/c19-13-6-8-14(9-7-13)22-17-16-15(12-4-2-1-3-5-12)10-23-18(16)21-11-20-17/h1-11H,(H,20,21,22). The number of rotatable bonds is 3. The summed E-state index contributed by atoms with van der Waals surface area (Å²) in [4.78, 5) is 9.64. The highest BCUT2D eigenvalue weighted by Crippen LogP contribution is 2.37. The van der Waals surface area contributed by atoms with Crippen LogP contribution in [0.4, 0.5) is 15.9 Å². The first-order valence-electron chi connectivity index (χ1n) is 7.11. The molecule has 4 aromatic rings. The molecule has 3 nitrogen and oxygen atoms in total. The maximum atomic E-state index is 13.1. The van der Waals surface area contributed by atoms with Crippen molar-refractivity contribution in [2.24, 2.45) is 0 Å². The van der Waals surface area contributed by atoms with Gasteiger partial charge < -0.3 is 5.32 Å². The maximum Gasteiger partial charge on any atom is 0.143 e. The van der Waals surface area contributed by atoms with Crippen molar-refractivity contribution in [2.45, 2.75) is 0 Å². The van der Waals surface area contributed by atoms with E-state index in [1.807, 2.05) is 18.2 Å². The lowest BCUT2D eigenvalue weighted by Gasteiger charge is -2.08. The van der Waals surface area contributed by atoms with Crippen LogP contribution in [0.2, 0.25) is 0 Å². The molecule has 0 fully saturated rings. The van der Waals surface area contributed by atoms with E-state index in [-0.39, 0.29) is 5.82 Å². The predicted octanol–water partition coefficient (Wildman–Crippen LogP) is 5.24. The molecule has 0 amide bonds. The van der Waals surface area contributed by atoms with Gasteiger partial charge in [-0.1, -0.05) is 30.3 Å². The van der Waals surface area contributed by atoms with Gasteiger partial charge in [0.15, 0.2) is 0 Å². The van der Waals surface area contributed by atoms with Crippen molar-refractivity contribution >= 4 is 33.1 Å². The fraction of sp³-hybridized carbons (Fsp3) is 0. The SMILES string of the molecule is Fc1ccc(Nc2ncnc3scc(-c4ccccc4)c23)cc1. The van der Waals surface area contributed by atoms with Crippen LogP contribution < -0.4 is 5.32 Å². The van der Waals surface area contributed by atoms with Crippen LogP contribution in [-0.2, 0) is 0 Å². The van der Waals surface area contributed by atoms with Crippen molar-refractivity contribution < 1.29 is 4.39 Å². The van der Waals surface area contributed by atoms with Gasteiger partial charge in [0, 0.05) is 16.6 Å². The fourth-order valence-electron chi connectivity index (χ4n) is 2.47. The molecule has 0 aliphatic heterocycles. The Morgan fingerprint density at radius 1 is 0.913 bits per heavy atom. The molecule has 0 saturated carbocycles. The minimum Gasteiger partial charge on any atom is -0.340 e. The zero-order chi connectivity index (χ0) is 15.6. The monoisotopic (exact) mass is 321 g/mol. The van der Waals surface area contributed by atoms with Gasteiger partial charge in [-0.2, -0.15) is 0 Å². The molecule has 0 aliphatic carbocycles. The molecule has 2 aromatic heterocycles. The fourth-order valence-corrected chi connectivity index (χ4v) is 3.39. The molecule has 0 unspecified atom stereocenters. The van der Waals surface area contributed by atoms with E-state index in [1.54, 1.807) is 29.8 Å². The van der Waals surface area contributed by atoms with E-state index in [4.69, 9.17) is 0 Å². The second-order valence-electron chi connectivity index (χ2n) is 5.05. The number of nitrogens with one attached hydrogen (secondary N) is 1. The van der Waals surface area contributed by atoms with Gasteiger partial charge in [0.05, 0.1) is 5.39 Å². The van der Waals surface area contributed by atoms with Crippen LogP contribution in [0, 0.1) is 5.82 Å². The van der Waals surface area contributed by atoms with E-state index in [0.29, 0.717) is 0 Å². The molecule has 2 heterocycles. The Morgan fingerprint density at radius 2 is 1.70 bits per heavy atom. The highest BCUT2D eigenvalue weighted by Gasteiger charge is 2.13. The largest absolute Gasteiger partial charge is 0.340 e. The highest BCUT2D eigenvalue weighted by atomic mass is 32.1. The molecular weight excluding hydrogens is 309 g/mol. The Kier molecular flexibility index (Phi) is 3.48. The lowest BCUT2D eigenvalue weighted by atomic mass is 10.1. The topological polar surface area (TPSA) is 37.8 Å². The van der Waals surface area contributed by atoms with Gasteiger partial charge in [-0.05, 0) is 29.8 Å². The van der Waals surface area contributed by atoms with E-state index in [0.717, 1.165) is 32.8 Å². The zero-order valence-electron chi connectivity index (χ0n) is 12.0. The summed E-state index contributed by atoms with van der Waals surface area (Å²) < 4.78 is 13.1. The Balaban J connectivity index is 1.83. The summed E-state index contributed by atoms with van der Waals surface area (Å²) in [6, 6.07) is 16.4. The third-order valence-corrected chi connectivity index (χ3v) is 4.45. The number of thiophene rings is 1. The molecule has 112 valence electrons. The van der Waals surface area contributed by atoms with E-state index < -0.39 is 0 Å². The molecule has 0 atom stereocenters. The average molecular weight is 321 g/mol. The third kappa shape index (κ3) is 2.66. The Hall–Kier alpha value is -2.79. The van der Waals surface area contributed by atoms with Crippen LogP contribution in [0.25, 0.3) is 21.3 Å². The number of halogens is 1. The quantitative estimate of drug-likeness (QED) is 0.560. The minimum absolute atomic E-state index is 0.260. The van der Waals surface area contributed by atoms with Gasteiger partial charge in [0.1, 0.15) is 22.8 Å². The Labute approximate surface area is 136 Å². The average Bonchev–Trinajstić information content (AvgIpc) is 3.03. The van der Waals surface area contributed by atoms with Gasteiger partial charge in [-0.15, -0.1) is 11.3 Å². The van der Waals surface area contributed by atoms with E-state index >= 15 is 0 Å². The van der Waals surface area contributed by atoms with Crippen molar-refractivity contribution in [2.75, 3.05) is 5.32 Å². The zero-order valence-corrected chi connectivity index (χ0v) is 12.8. The molecule has 2 aromatic carbocycles. The molecule has 0 radical (unpaired) electrons. The van der Waals surface area contributed by atoms with Crippen LogP contribution in [0.3, 0.4) is 0 Å². The molecule has 0 saturated heterocycles. The van der Waals surface area contributed by atoms with Crippen molar-refractivity contribution in [3.63, 3.8) is 0 Å². The van der Waals surface area contributed by atoms with Crippen molar-refractivity contribution in [3.8, 4) is 11.1 Å². The molecule has 4 rings (SSSR count). The maximum absolute atomic E-state index is 13.1. The van der Waals surface area contributed by atoms with Crippen molar-refractivity contribution in [3.05, 3.63) is 72.1 Å². The summed E-state index contributed by atoms with van der Waals surface area (Å²) in [6.07, 6.45) is 1.54. The second-order valence-corrected chi connectivity index (χ2v) is 5.91. The summed E-state index contributed by atoms with van der Waals surface area (Å²) >= 11 is 1.58. The van der Waals surface area contributed by atoms with Gasteiger partial charge in [0.2, 0.25) is 0 Å². The Bertz CT molecular complexity index is 949. The molecule has 0 bridgehead atoms. The molecule has 0 aliphatic rings. The number of hydrogen-bond acceptors (Lipinski definition) is 4. The smallest absolute Gasteiger partial charge is 0.143 e. The van der Waals surface area contributed by atoms with Crippen LogP contribution in [0.5, 0.6) is 0 Å². The lowest BCUT2D eigenvalue weighted by molar-refractivity contribution is 0.628. The number of anilines is 2. The van der Waals surface area contributed by atoms with Crippen LogP contribution in [0.15, 0.2) is 66.3 Å². The van der Waals surface area contributed by atoms with Gasteiger partial charge >= 0.3 is 0 Å². The molecule has 23 heavy (non-hydrogen) atoms. The van der Waals surface area contributed by atoms with Gasteiger partial charge in [-0.3, -0.25) is 0 Å². The number of aromatic nitrogens is 2. The summed E-state index contributed by atoms with van der Waals surface area (Å²) in [5.41, 5.74) is 3.00. The third-order valence-electron chi connectivity index (χ3n) is 3.56. The highest BCUT2D eigenvalue weighted by molar-refractivity contribution is 7.17. The van der Waals surface area contributed by atoms with Crippen LogP contribution >= 0.6 is 11.3 Å². The summed E-state index contributed by atoms with van der Waals surface area (Å²) in [6.45, 7) is 0. The van der Waals surface area contributed by atoms with Crippen LogP contribution in [0.1, 0.15) is 0 Å². The molecule has 0 spiro atoms. The summed E-state index contributed by atoms with van der Waals surface area (Å²) in [5.74, 6) is 0.464. The minimum atomic E-state index is -0.260. The summed E-state index contributed by atoms with van der Waals surface area (Å²) in [7, 11) is 0. The van der Waals surface area contributed by atoms with E-state index in [2.05, 4.69) is 32.8 Å². The van der Waals surface area contributed by atoms with Crippen LogP contribution in [-0.4, -0.2) is 9.97 Å². The normalized spacial score (nSPS) is 10.8. The molecule has 1 N–H and O–H groups in total. The van der Waals surface area contributed by atoms with E-state index in [1.165, 1.54) is 12.1 Å². The van der Waals surface area contributed by atoms with Crippen molar-refractivity contribution in [1.82, 2.24) is 9.97 Å². The van der Waals surface area contributed by atoms with Gasteiger partial charge in [0.25, 0.3) is 0 Å². The predicted molar refractivity (Wildman–Crippen MR) is 92.5 cm³/mol. The number of benzene rings is 2. The number of nitrogens with zero attached hydrogens (tertiary/aromatic N) is 2. The first-order valence-corrected chi connectivity index (χ1v) is 7.99. The number of hydrogen-bond donors (Lipinski definition) is 1. The lowest BCUT2D eigenvalue weighted by Crippen LogP contribution is -1.95. The first-order chi connectivity index (χ1) is 11.3. The molecular formula is C18H12FN3S. The van der Waals surface area contributed by atoms with E-state index in [9.17, 15) is 4.39 Å². The second kappa shape index (κ2) is 5.78. The first kappa shape index (κ1) is 13.8. The van der Waals surface area contributed by atoms with Gasteiger partial charge in [-0.25, -0.2) is 14.4 Å². The Morgan fingerprint density at radius 3 is 2.48 bits per heavy atom. The molecule has 5 heteroatoms. The number of fused-ring (bicyclic) bond motifs is 1. The van der Waals surface area contributed by atoms with Crippen molar-refractivity contribution in [1.29, 1.82) is 0 Å². The summed E-state index contributed by atoms with van der Waals surface area (Å²) in [5, 5.41) is 6.33.